The summed E-state index contributed by atoms with van der Waals surface area (Å²) in [6, 6.07) is 3.98. The summed E-state index contributed by atoms with van der Waals surface area (Å²) in [6.07, 6.45) is 0. The molecule has 1 amide bonds. The number of aromatic nitrogens is 2. The molecule has 0 spiro atoms. The maximum Gasteiger partial charge on any atom is 0.256 e. The van der Waals surface area contributed by atoms with Crippen molar-refractivity contribution in [1.29, 1.82) is 0 Å². The van der Waals surface area contributed by atoms with Crippen molar-refractivity contribution in [2.75, 3.05) is 11.1 Å². The van der Waals surface area contributed by atoms with E-state index in [-0.39, 0.29) is 22.2 Å². The van der Waals surface area contributed by atoms with Crippen LogP contribution in [0, 0.1) is 5.82 Å². The number of nitrogens with two attached hydrogens (primary N) is 2. The second-order valence-corrected chi connectivity index (χ2v) is 3.89. The highest BCUT2D eigenvalue weighted by atomic mass is 35.5. The number of H-pyrrole nitrogens is 1. The highest BCUT2D eigenvalue weighted by molar-refractivity contribution is 6.31. The molecule has 0 aliphatic heterocycles. The average Bonchev–Trinajstić information content (AvgIpc) is 2.65. The van der Waals surface area contributed by atoms with Crippen molar-refractivity contribution in [3.8, 4) is 0 Å². The Morgan fingerprint density at radius 2 is 2.22 bits per heavy atom. The zero-order chi connectivity index (χ0) is 13.3. The first kappa shape index (κ1) is 12.2. The fourth-order valence-corrected chi connectivity index (χ4v) is 1.59. The van der Waals surface area contributed by atoms with Crippen LogP contribution in [-0.4, -0.2) is 16.1 Å². The van der Waals surface area contributed by atoms with Crippen LogP contribution in [0.15, 0.2) is 18.2 Å². The Labute approximate surface area is 106 Å². The molecule has 0 fully saturated rings. The van der Waals surface area contributed by atoms with Gasteiger partial charge in [0.15, 0.2) is 5.82 Å². The molecule has 1 heterocycles. The molecule has 0 bridgehead atoms. The maximum absolute atomic E-state index is 13.0. The predicted molar refractivity (Wildman–Crippen MR) is 66.2 cm³/mol. The van der Waals surface area contributed by atoms with E-state index in [4.69, 9.17) is 23.1 Å². The summed E-state index contributed by atoms with van der Waals surface area (Å²) in [6.45, 7) is 0. The minimum Gasteiger partial charge on any atom is -0.383 e. The largest absolute Gasteiger partial charge is 0.383 e. The number of carbonyl (C=O) groups excluding carboxylic acids is 1. The van der Waals surface area contributed by atoms with Gasteiger partial charge in [0.1, 0.15) is 17.2 Å². The molecule has 2 aromatic rings. The van der Waals surface area contributed by atoms with Crippen LogP contribution in [0.1, 0.15) is 10.4 Å². The van der Waals surface area contributed by atoms with Crippen LogP contribution in [0.25, 0.3) is 0 Å². The Kier molecular flexibility index (Phi) is 3.07. The molecule has 2 rings (SSSR count). The van der Waals surface area contributed by atoms with Gasteiger partial charge in [0.2, 0.25) is 0 Å². The normalized spacial score (nSPS) is 10.3. The van der Waals surface area contributed by atoms with Gasteiger partial charge in [-0.3, -0.25) is 9.89 Å². The number of hydrogen-bond acceptors (Lipinski definition) is 4. The van der Waals surface area contributed by atoms with Crippen molar-refractivity contribution in [1.82, 2.24) is 10.2 Å². The highest BCUT2D eigenvalue weighted by Gasteiger charge is 2.16. The molecule has 0 atom stereocenters. The number of carbonyl (C=O) groups is 1. The van der Waals surface area contributed by atoms with Gasteiger partial charge in [0.25, 0.3) is 5.91 Å². The summed E-state index contributed by atoms with van der Waals surface area (Å²) in [5.74, 6) is -1.06. The lowest BCUT2D eigenvalue weighted by atomic mass is 10.2. The van der Waals surface area contributed by atoms with E-state index in [9.17, 15) is 9.18 Å². The number of nitrogens with one attached hydrogen (secondary N) is 2. The number of amides is 1. The van der Waals surface area contributed by atoms with Gasteiger partial charge in [-0.15, -0.1) is 0 Å². The first-order chi connectivity index (χ1) is 8.49. The molecule has 0 saturated carbocycles. The van der Waals surface area contributed by atoms with Crippen LogP contribution >= 0.6 is 11.6 Å². The third-order valence-electron chi connectivity index (χ3n) is 2.22. The van der Waals surface area contributed by atoms with E-state index in [0.29, 0.717) is 5.69 Å². The standard InChI is InChI=1S/C10H9ClFN5O/c11-5-3-4(1-2-6(5)12)15-10-7(9(14)18)8(13)16-17-10/h1-3H,(H2,14,18)(H4,13,15,16,17). The van der Waals surface area contributed by atoms with E-state index in [2.05, 4.69) is 15.5 Å². The van der Waals surface area contributed by atoms with Gasteiger partial charge < -0.3 is 16.8 Å². The first-order valence-electron chi connectivity index (χ1n) is 4.84. The summed E-state index contributed by atoms with van der Waals surface area (Å²) in [7, 11) is 0. The number of nitrogen functional groups attached to an aromatic ring is 1. The number of nitrogens with zero attached hydrogens (tertiary/aromatic N) is 1. The molecular weight excluding hydrogens is 261 g/mol. The third kappa shape index (κ3) is 2.21. The van der Waals surface area contributed by atoms with Crippen LogP contribution in [0.3, 0.4) is 0 Å². The lowest BCUT2D eigenvalue weighted by molar-refractivity contribution is 0.100. The Balaban J connectivity index is 2.34. The number of aromatic amines is 1. The molecule has 1 aromatic carbocycles. The molecule has 6 nitrogen and oxygen atoms in total. The molecule has 18 heavy (non-hydrogen) atoms. The van der Waals surface area contributed by atoms with Crippen molar-refractivity contribution in [3.05, 3.63) is 34.6 Å². The molecule has 6 N–H and O–H groups in total. The number of rotatable bonds is 3. The molecule has 0 radical (unpaired) electrons. The molecule has 1 aromatic heterocycles. The van der Waals surface area contributed by atoms with Crippen LogP contribution in [0.5, 0.6) is 0 Å². The van der Waals surface area contributed by atoms with Crippen molar-refractivity contribution < 1.29 is 9.18 Å². The van der Waals surface area contributed by atoms with Crippen molar-refractivity contribution in [3.63, 3.8) is 0 Å². The topological polar surface area (TPSA) is 110 Å². The number of anilines is 3. The molecule has 0 aliphatic rings. The fourth-order valence-electron chi connectivity index (χ4n) is 1.41. The summed E-state index contributed by atoms with van der Waals surface area (Å²) < 4.78 is 13.0. The van der Waals surface area contributed by atoms with Crippen LogP contribution < -0.4 is 16.8 Å². The number of hydrogen-bond donors (Lipinski definition) is 4. The van der Waals surface area contributed by atoms with Crippen LogP contribution in [-0.2, 0) is 0 Å². The average molecular weight is 270 g/mol. The SMILES string of the molecule is NC(=O)c1c(Nc2ccc(F)c(Cl)c2)n[nH]c1N. The Hall–Kier alpha value is -2.28. The quantitative estimate of drug-likeness (QED) is 0.679. The molecule has 8 heteroatoms. The maximum atomic E-state index is 13.0. The number of halogens is 2. The lowest BCUT2D eigenvalue weighted by Crippen LogP contribution is -2.14. The van der Waals surface area contributed by atoms with E-state index < -0.39 is 11.7 Å². The Morgan fingerprint density at radius 1 is 1.50 bits per heavy atom. The van der Waals surface area contributed by atoms with Crippen LogP contribution in [0.4, 0.5) is 21.7 Å². The smallest absolute Gasteiger partial charge is 0.256 e. The van der Waals surface area contributed by atoms with Crippen molar-refractivity contribution in [2.45, 2.75) is 0 Å². The van der Waals surface area contributed by atoms with E-state index in [1.165, 1.54) is 18.2 Å². The lowest BCUT2D eigenvalue weighted by Gasteiger charge is -2.05. The second kappa shape index (κ2) is 4.53. The summed E-state index contributed by atoms with van der Waals surface area (Å²) in [5, 5.41) is 8.92. The van der Waals surface area contributed by atoms with E-state index >= 15 is 0 Å². The monoisotopic (exact) mass is 269 g/mol. The molecular formula is C10H9ClFN5O. The molecule has 0 unspecified atom stereocenters. The second-order valence-electron chi connectivity index (χ2n) is 3.48. The van der Waals surface area contributed by atoms with E-state index in [1.807, 2.05) is 0 Å². The van der Waals surface area contributed by atoms with Gasteiger partial charge >= 0.3 is 0 Å². The zero-order valence-corrected chi connectivity index (χ0v) is 9.75. The first-order valence-corrected chi connectivity index (χ1v) is 5.22. The molecule has 0 saturated heterocycles. The predicted octanol–water partition coefficient (Wildman–Crippen LogP) is 1.63. The Bertz CT molecular complexity index is 612. The fraction of sp³-hybridized carbons (Fsp3) is 0. The Morgan fingerprint density at radius 3 is 2.83 bits per heavy atom. The highest BCUT2D eigenvalue weighted by Crippen LogP contribution is 2.25. The van der Waals surface area contributed by atoms with Crippen molar-refractivity contribution in [2.24, 2.45) is 5.73 Å². The minimum absolute atomic E-state index is 0.0375. The molecule has 94 valence electrons. The van der Waals surface area contributed by atoms with Gasteiger partial charge in [-0.1, -0.05) is 11.6 Å². The molecule has 0 aliphatic carbocycles. The van der Waals surface area contributed by atoms with E-state index in [1.54, 1.807) is 0 Å². The van der Waals surface area contributed by atoms with E-state index in [0.717, 1.165) is 0 Å². The number of primary amides is 1. The van der Waals surface area contributed by atoms with Crippen molar-refractivity contribution >= 4 is 34.8 Å². The summed E-state index contributed by atoms with van der Waals surface area (Å²) in [5.41, 5.74) is 11.2. The van der Waals surface area contributed by atoms with Gasteiger partial charge in [0, 0.05) is 5.69 Å². The zero-order valence-electron chi connectivity index (χ0n) is 9.00. The summed E-state index contributed by atoms with van der Waals surface area (Å²) in [4.78, 5) is 11.2. The van der Waals surface area contributed by atoms with Crippen LogP contribution in [0.2, 0.25) is 5.02 Å². The van der Waals surface area contributed by atoms with Gasteiger partial charge in [-0.25, -0.2) is 4.39 Å². The third-order valence-corrected chi connectivity index (χ3v) is 2.51. The summed E-state index contributed by atoms with van der Waals surface area (Å²) >= 11 is 5.63. The number of benzene rings is 1. The van der Waals surface area contributed by atoms with Gasteiger partial charge in [0.05, 0.1) is 5.02 Å². The van der Waals surface area contributed by atoms with Gasteiger partial charge in [-0.2, -0.15) is 5.10 Å². The van der Waals surface area contributed by atoms with Gasteiger partial charge in [-0.05, 0) is 18.2 Å². The minimum atomic E-state index is -0.725.